The van der Waals surface area contributed by atoms with Crippen molar-refractivity contribution >= 4 is 17.3 Å². The normalized spacial score (nSPS) is 18.3. The summed E-state index contributed by atoms with van der Waals surface area (Å²) in [5.74, 6) is -0.0342. The van der Waals surface area contributed by atoms with E-state index in [0.29, 0.717) is 6.61 Å². The maximum absolute atomic E-state index is 11.9. The minimum Gasteiger partial charge on any atom is -0.372 e. The second-order valence-electron chi connectivity index (χ2n) is 4.71. The molecule has 0 spiro atoms. The smallest absolute Gasteiger partial charge is 0.253 e. The molecule has 104 valence electrons. The molecule has 1 heterocycles. The fourth-order valence-electron chi connectivity index (χ4n) is 2.35. The van der Waals surface area contributed by atoms with Crippen LogP contribution in [-0.4, -0.2) is 31.7 Å². The molecule has 0 bridgehead atoms. The van der Waals surface area contributed by atoms with Gasteiger partial charge in [0, 0.05) is 31.1 Å². The number of nitrogens with zero attached hydrogens (tertiary/aromatic N) is 1. The molecule has 1 aliphatic heterocycles. The van der Waals surface area contributed by atoms with E-state index in [2.05, 4.69) is 24.1 Å². The molecule has 19 heavy (non-hydrogen) atoms. The third-order valence-electron chi connectivity index (χ3n) is 3.49. The summed E-state index contributed by atoms with van der Waals surface area (Å²) in [4.78, 5) is 14.2. The number of nitrogens with one attached hydrogen (secondary N) is 1. The lowest BCUT2D eigenvalue weighted by molar-refractivity contribution is -0.124. The van der Waals surface area contributed by atoms with Gasteiger partial charge in [-0.2, -0.15) is 0 Å². The van der Waals surface area contributed by atoms with Crippen LogP contribution in [-0.2, 0) is 9.53 Å². The SMILES string of the molecule is CCN(CC)c1ccc(NC(=O)C2CCCO2)cc1. The molecule has 1 unspecified atom stereocenters. The van der Waals surface area contributed by atoms with Crippen LogP contribution in [0.1, 0.15) is 26.7 Å². The third-order valence-corrected chi connectivity index (χ3v) is 3.49. The first-order valence-corrected chi connectivity index (χ1v) is 7.02. The number of amides is 1. The second-order valence-corrected chi connectivity index (χ2v) is 4.71. The van der Waals surface area contributed by atoms with Crippen LogP contribution in [0.3, 0.4) is 0 Å². The number of benzene rings is 1. The molecule has 1 N–H and O–H groups in total. The van der Waals surface area contributed by atoms with Gasteiger partial charge in [0.25, 0.3) is 5.91 Å². The van der Waals surface area contributed by atoms with E-state index >= 15 is 0 Å². The molecule has 2 rings (SSSR count). The van der Waals surface area contributed by atoms with E-state index in [1.54, 1.807) is 0 Å². The Balaban J connectivity index is 1.96. The summed E-state index contributed by atoms with van der Waals surface area (Å²) in [6, 6.07) is 7.97. The van der Waals surface area contributed by atoms with E-state index in [-0.39, 0.29) is 12.0 Å². The van der Waals surface area contributed by atoms with Gasteiger partial charge in [-0.3, -0.25) is 4.79 Å². The maximum Gasteiger partial charge on any atom is 0.253 e. The van der Waals surface area contributed by atoms with E-state index in [1.807, 2.05) is 24.3 Å². The summed E-state index contributed by atoms with van der Waals surface area (Å²) in [5, 5.41) is 2.90. The van der Waals surface area contributed by atoms with Crippen LogP contribution in [0.25, 0.3) is 0 Å². The van der Waals surface area contributed by atoms with Crippen molar-refractivity contribution in [2.45, 2.75) is 32.8 Å². The quantitative estimate of drug-likeness (QED) is 0.887. The zero-order valence-corrected chi connectivity index (χ0v) is 11.7. The molecule has 1 fully saturated rings. The van der Waals surface area contributed by atoms with Crippen LogP contribution >= 0.6 is 0 Å². The molecule has 1 amide bonds. The fourth-order valence-corrected chi connectivity index (χ4v) is 2.35. The predicted octanol–water partition coefficient (Wildman–Crippen LogP) is 2.65. The largest absolute Gasteiger partial charge is 0.372 e. The lowest BCUT2D eigenvalue weighted by Gasteiger charge is -2.21. The van der Waals surface area contributed by atoms with E-state index in [1.165, 1.54) is 5.69 Å². The van der Waals surface area contributed by atoms with Gasteiger partial charge in [-0.25, -0.2) is 0 Å². The number of rotatable bonds is 5. The predicted molar refractivity (Wildman–Crippen MR) is 77.6 cm³/mol. The van der Waals surface area contributed by atoms with Gasteiger partial charge in [0.05, 0.1) is 0 Å². The molecule has 4 nitrogen and oxygen atoms in total. The summed E-state index contributed by atoms with van der Waals surface area (Å²) < 4.78 is 5.36. The van der Waals surface area contributed by atoms with Crippen LogP contribution in [0.5, 0.6) is 0 Å². The van der Waals surface area contributed by atoms with Gasteiger partial charge in [0.15, 0.2) is 0 Å². The Kier molecular flexibility index (Phi) is 4.80. The molecule has 0 aliphatic carbocycles. The van der Waals surface area contributed by atoms with Gasteiger partial charge in [0.2, 0.25) is 0 Å². The molecule has 0 saturated carbocycles. The Morgan fingerprint density at radius 2 is 2.00 bits per heavy atom. The zero-order chi connectivity index (χ0) is 13.7. The third kappa shape index (κ3) is 3.47. The Labute approximate surface area is 114 Å². The Morgan fingerprint density at radius 3 is 2.53 bits per heavy atom. The highest BCUT2D eigenvalue weighted by molar-refractivity contribution is 5.94. The summed E-state index contributed by atoms with van der Waals surface area (Å²) in [6.07, 6.45) is 1.52. The van der Waals surface area contributed by atoms with Crippen molar-refractivity contribution in [3.8, 4) is 0 Å². The van der Waals surface area contributed by atoms with Crippen molar-refractivity contribution in [1.29, 1.82) is 0 Å². The first-order valence-electron chi connectivity index (χ1n) is 7.02. The van der Waals surface area contributed by atoms with Crippen LogP contribution < -0.4 is 10.2 Å². The Bertz CT molecular complexity index is 407. The summed E-state index contributed by atoms with van der Waals surface area (Å²) in [5.41, 5.74) is 2.01. The summed E-state index contributed by atoms with van der Waals surface area (Å²) in [6.45, 7) is 6.93. The van der Waals surface area contributed by atoms with Crippen LogP contribution in [0.15, 0.2) is 24.3 Å². The van der Waals surface area contributed by atoms with Gasteiger partial charge in [-0.1, -0.05) is 0 Å². The molecular formula is C15H22N2O2. The lowest BCUT2D eigenvalue weighted by Crippen LogP contribution is -2.27. The molecule has 0 radical (unpaired) electrons. The Hall–Kier alpha value is -1.55. The van der Waals surface area contributed by atoms with E-state index < -0.39 is 0 Å². The van der Waals surface area contributed by atoms with Crippen LogP contribution in [0.4, 0.5) is 11.4 Å². The molecule has 4 heteroatoms. The Morgan fingerprint density at radius 1 is 1.32 bits per heavy atom. The van der Waals surface area contributed by atoms with Gasteiger partial charge in [-0.05, 0) is 51.0 Å². The highest BCUT2D eigenvalue weighted by Gasteiger charge is 2.23. The van der Waals surface area contributed by atoms with Gasteiger partial charge >= 0.3 is 0 Å². The average molecular weight is 262 g/mol. The minimum absolute atomic E-state index is 0.0342. The first-order chi connectivity index (χ1) is 9.24. The molecular weight excluding hydrogens is 240 g/mol. The number of anilines is 2. The topological polar surface area (TPSA) is 41.6 Å². The minimum atomic E-state index is -0.276. The van der Waals surface area contributed by atoms with Crippen molar-refractivity contribution in [3.63, 3.8) is 0 Å². The lowest BCUT2D eigenvalue weighted by atomic mass is 10.2. The van der Waals surface area contributed by atoms with Crippen molar-refractivity contribution in [3.05, 3.63) is 24.3 Å². The second kappa shape index (κ2) is 6.57. The van der Waals surface area contributed by atoms with E-state index in [0.717, 1.165) is 31.6 Å². The zero-order valence-electron chi connectivity index (χ0n) is 11.7. The highest BCUT2D eigenvalue weighted by atomic mass is 16.5. The van der Waals surface area contributed by atoms with Crippen molar-refractivity contribution in [2.24, 2.45) is 0 Å². The van der Waals surface area contributed by atoms with Gasteiger partial charge in [-0.15, -0.1) is 0 Å². The standard InChI is InChI=1S/C15H22N2O2/c1-3-17(4-2)13-9-7-12(8-10-13)16-15(18)14-6-5-11-19-14/h7-10,14H,3-6,11H2,1-2H3,(H,16,18). The van der Waals surface area contributed by atoms with Crippen molar-refractivity contribution < 1.29 is 9.53 Å². The van der Waals surface area contributed by atoms with Crippen molar-refractivity contribution in [1.82, 2.24) is 0 Å². The average Bonchev–Trinajstić information content (AvgIpc) is 2.96. The molecule has 1 aromatic carbocycles. The molecule has 0 aromatic heterocycles. The summed E-state index contributed by atoms with van der Waals surface area (Å²) >= 11 is 0. The number of ether oxygens (including phenoxy) is 1. The first kappa shape index (κ1) is 13.9. The van der Waals surface area contributed by atoms with Crippen LogP contribution in [0.2, 0.25) is 0 Å². The van der Waals surface area contributed by atoms with E-state index in [4.69, 9.17) is 4.74 Å². The number of hydrogen-bond donors (Lipinski definition) is 1. The molecule has 1 atom stereocenters. The van der Waals surface area contributed by atoms with Crippen molar-refractivity contribution in [2.75, 3.05) is 29.9 Å². The molecule has 1 aromatic rings. The number of carbonyl (C=O) groups excluding carboxylic acids is 1. The molecule has 1 saturated heterocycles. The number of carbonyl (C=O) groups is 1. The van der Waals surface area contributed by atoms with Gasteiger partial charge < -0.3 is 15.0 Å². The summed E-state index contributed by atoms with van der Waals surface area (Å²) in [7, 11) is 0. The van der Waals surface area contributed by atoms with E-state index in [9.17, 15) is 4.79 Å². The monoisotopic (exact) mass is 262 g/mol. The number of hydrogen-bond acceptors (Lipinski definition) is 3. The van der Waals surface area contributed by atoms with Crippen LogP contribution in [0, 0.1) is 0 Å². The maximum atomic E-state index is 11.9. The fraction of sp³-hybridized carbons (Fsp3) is 0.533. The highest BCUT2D eigenvalue weighted by Crippen LogP contribution is 2.19. The van der Waals surface area contributed by atoms with Gasteiger partial charge in [0.1, 0.15) is 6.10 Å². The molecule has 1 aliphatic rings.